The van der Waals surface area contributed by atoms with Crippen LogP contribution in [0.25, 0.3) is 10.9 Å². The van der Waals surface area contributed by atoms with Crippen molar-refractivity contribution in [3.8, 4) is 0 Å². The summed E-state index contributed by atoms with van der Waals surface area (Å²) in [5.74, 6) is 0.619. The number of carbonyl (C=O) groups is 1. The SMILES string of the molecule is O=C(c1ccc2c(=O)n(C3CCCCC3)c(SCc3cccc(Cl)c3)nc2c1)N1CCOCC1. The Bertz CT molecular complexity index is 1250. The number of carbonyl (C=O) groups excluding carboxylic acids is 1. The Kier molecular flexibility index (Phi) is 7.23. The van der Waals surface area contributed by atoms with E-state index in [0.29, 0.717) is 58.7 Å². The molecule has 2 fully saturated rings. The summed E-state index contributed by atoms with van der Waals surface area (Å²) in [4.78, 5) is 33.4. The van der Waals surface area contributed by atoms with Crippen molar-refractivity contribution in [3.05, 3.63) is 69.0 Å². The van der Waals surface area contributed by atoms with E-state index in [1.165, 1.54) is 6.42 Å². The Balaban J connectivity index is 1.53. The molecule has 3 aromatic rings. The quantitative estimate of drug-likeness (QED) is 0.352. The van der Waals surface area contributed by atoms with Crippen molar-refractivity contribution in [2.24, 2.45) is 0 Å². The number of morpholine rings is 1. The normalized spacial score (nSPS) is 17.3. The van der Waals surface area contributed by atoms with Crippen molar-refractivity contribution < 1.29 is 9.53 Å². The largest absolute Gasteiger partial charge is 0.378 e. The molecular weight excluding hydrogens is 470 g/mol. The molecule has 1 aliphatic carbocycles. The Labute approximate surface area is 208 Å². The van der Waals surface area contributed by atoms with E-state index in [-0.39, 0.29) is 17.5 Å². The summed E-state index contributed by atoms with van der Waals surface area (Å²) in [6, 6.07) is 13.2. The summed E-state index contributed by atoms with van der Waals surface area (Å²) in [6.07, 6.45) is 5.45. The third kappa shape index (κ3) is 5.02. The second-order valence-corrected chi connectivity index (χ2v) is 10.3. The van der Waals surface area contributed by atoms with Crippen molar-refractivity contribution in [1.29, 1.82) is 0 Å². The maximum absolute atomic E-state index is 13.7. The maximum atomic E-state index is 13.7. The van der Waals surface area contributed by atoms with E-state index in [0.717, 1.165) is 31.2 Å². The van der Waals surface area contributed by atoms with Crippen LogP contribution in [0, 0.1) is 0 Å². The fourth-order valence-corrected chi connectivity index (χ4v) is 6.02. The van der Waals surface area contributed by atoms with Crippen molar-refractivity contribution in [2.75, 3.05) is 26.3 Å². The van der Waals surface area contributed by atoms with E-state index in [1.54, 1.807) is 34.9 Å². The molecule has 0 N–H and O–H groups in total. The minimum absolute atomic E-state index is 0.0177. The Morgan fingerprint density at radius 1 is 1.09 bits per heavy atom. The molecule has 0 unspecified atom stereocenters. The second kappa shape index (κ2) is 10.5. The summed E-state index contributed by atoms with van der Waals surface area (Å²) < 4.78 is 7.27. The lowest BCUT2D eigenvalue weighted by molar-refractivity contribution is 0.0303. The van der Waals surface area contributed by atoms with Gasteiger partial charge in [0, 0.05) is 35.5 Å². The summed E-state index contributed by atoms with van der Waals surface area (Å²) >= 11 is 7.73. The van der Waals surface area contributed by atoms with Crippen LogP contribution in [0.1, 0.15) is 54.1 Å². The molecule has 0 bridgehead atoms. The lowest BCUT2D eigenvalue weighted by atomic mass is 9.95. The molecule has 1 aromatic heterocycles. The number of halogens is 1. The predicted octanol–water partition coefficient (Wildman–Crippen LogP) is 5.32. The van der Waals surface area contributed by atoms with Crippen LogP contribution in [0.2, 0.25) is 5.02 Å². The molecule has 8 heteroatoms. The van der Waals surface area contributed by atoms with Crippen LogP contribution >= 0.6 is 23.4 Å². The zero-order chi connectivity index (χ0) is 23.5. The molecule has 0 spiro atoms. The average Bonchev–Trinajstić information content (AvgIpc) is 2.88. The molecule has 2 aliphatic rings. The third-order valence-electron chi connectivity index (χ3n) is 6.61. The van der Waals surface area contributed by atoms with Crippen LogP contribution in [0.3, 0.4) is 0 Å². The molecule has 0 atom stereocenters. The van der Waals surface area contributed by atoms with Gasteiger partial charge in [-0.1, -0.05) is 54.8 Å². The van der Waals surface area contributed by atoms with E-state index in [9.17, 15) is 9.59 Å². The first-order valence-corrected chi connectivity index (χ1v) is 13.3. The zero-order valence-electron chi connectivity index (χ0n) is 19.0. The first kappa shape index (κ1) is 23.4. The highest BCUT2D eigenvalue weighted by Crippen LogP contribution is 2.32. The van der Waals surface area contributed by atoms with Crippen LogP contribution in [0.15, 0.2) is 52.4 Å². The van der Waals surface area contributed by atoms with E-state index in [1.807, 2.05) is 28.8 Å². The van der Waals surface area contributed by atoms with Gasteiger partial charge in [0.25, 0.3) is 11.5 Å². The number of amides is 1. The molecule has 1 saturated carbocycles. The van der Waals surface area contributed by atoms with Gasteiger partial charge in [-0.05, 0) is 48.7 Å². The molecule has 178 valence electrons. The van der Waals surface area contributed by atoms with Gasteiger partial charge in [0.15, 0.2) is 5.16 Å². The Hall–Kier alpha value is -2.35. The van der Waals surface area contributed by atoms with Crippen molar-refractivity contribution in [3.63, 3.8) is 0 Å². The van der Waals surface area contributed by atoms with Gasteiger partial charge < -0.3 is 9.64 Å². The average molecular weight is 498 g/mol. The molecule has 0 radical (unpaired) electrons. The third-order valence-corrected chi connectivity index (χ3v) is 7.87. The van der Waals surface area contributed by atoms with Crippen molar-refractivity contribution in [1.82, 2.24) is 14.5 Å². The van der Waals surface area contributed by atoms with Crippen LogP contribution < -0.4 is 5.56 Å². The highest BCUT2D eigenvalue weighted by Gasteiger charge is 2.24. The highest BCUT2D eigenvalue weighted by atomic mass is 35.5. The van der Waals surface area contributed by atoms with Gasteiger partial charge in [-0.15, -0.1) is 0 Å². The number of aromatic nitrogens is 2. The molecular formula is C26H28ClN3O3S. The molecule has 34 heavy (non-hydrogen) atoms. The van der Waals surface area contributed by atoms with E-state index in [4.69, 9.17) is 21.3 Å². The fraction of sp³-hybridized carbons (Fsp3) is 0.423. The van der Waals surface area contributed by atoms with Gasteiger partial charge >= 0.3 is 0 Å². The molecule has 2 heterocycles. The topological polar surface area (TPSA) is 64.4 Å². The number of ether oxygens (including phenoxy) is 1. The number of thioether (sulfide) groups is 1. The number of hydrogen-bond acceptors (Lipinski definition) is 5. The van der Waals surface area contributed by atoms with Gasteiger partial charge in [-0.2, -0.15) is 0 Å². The Morgan fingerprint density at radius 3 is 2.65 bits per heavy atom. The van der Waals surface area contributed by atoms with Gasteiger partial charge in [0.1, 0.15) is 0 Å². The minimum atomic E-state index is -0.0448. The molecule has 2 aromatic carbocycles. The fourth-order valence-electron chi connectivity index (χ4n) is 4.80. The lowest BCUT2D eigenvalue weighted by Gasteiger charge is -2.27. The monoisotopic (exact) mass is 497 g/mol. The summed E-state index contributed by atoms with van der Waals surface area (Å²) in [5.41, 5.74) is 2.20. The number of benzene rings is 2. The van der Waals surface area contributed by atoms with Gasteiger partial charge in [-0.3, -0.25) is 14.2 Å². The summed E-state index contributed by atoms with van der Waals surface area (Å²) in [6.45, 7) is 2.25. The van der Waals surface area contributed by atoms with Crippen LogP contribution in [-0.4, -0.2) is 46.7 Å². The number of nitrogens with zero attached hydrogens (tertiary/aromatic N) is 3. The van der Waals surface area contributed by atoms with Gasteiger partial charge in [0.2, 0.25) is 0 Å². The van der Waals surface area contributed by atoms with E-state index in [2.05, 4.69) is 0 Å². The Morgan fingerprint density at radius 2 is 1.88 bits per heavy atom. The predicted molar refractivity (Wildman–Crippen MR) is 136 cm³/mol. The zero-order valence-corrected chi connectivity index (χ0v) is 20.6. The second-order valence-electron chi connectivity index (χ2n) is 8.92. The van der Waals surface area contributed by atoms with E-state index < -0.39 is 0 Å². The van der Waals surface area contributed by atoms with E-state index >= 15 is 0 Å². The number of fused-ring (bicyclic) bond motifs is 1. The van der Waals surface area contributed by atoms with Crippen LogP contribution in [0.5, 0.6) is 0 Å². The number of hydrogen-bond donors (Lipinski definition) is 0. The first-order valence-electron chi connectivity index (χ1n) is 11.9. The van der Waals surface area contributed by atoms with Crippen LogP contribution in [0.4, 0.5) is 0 Å². The van der Waals surface area contributed by atoms with Gasteiger partial charge in [-0.25, -0.2) is 4.98 Å². The summed E-state index contributed by atoms with van der Waals surface area (Å²) in [7, 11) is 0. The molecule has 1 saturated heterocycles. The molecule has 5 rings (SSSR count). The van der Waals surface area contributed by atoms with Crippen molar-refractivity contribution >= 4 is 40.2 Å². The standard InChI is InChI=1S/C26H28ClN3O3S/c27-20-6-4-5-18(15-20)17-34-26-28-23-16-19(24(31)29-11-13-33-14-12-29)9-10-22(23)25(32)30(26)21-7-2-1-3-8-21/h4-6,9-10,15-16,21H,1-3,7-8,11-14,17H2. The van der Waals surface area contributed by atoms with Gasteiger partial charge in [0.05, 0.1) is 24.1 Å². The molecule has 1 aliphatic heterocycles. The first-order chi connectivity index (χ1) is 16.6. The van der Waals surface area contributed by atoms with Crippen LogP contribution in [-0.2, 0) is 10.5 Å². The summed E-state index contributed by atoms with van der Waals surface area (Å²) in [5, 5.41) is 1.97. The molecule has 6 nitrogen and oxygen atoms in total. The molecule has 1 amide bonds. The number of rotatable bonds is 5. The minimum Gasteiger partial charge on any atom is -0.378 e. The van der Waals surface area contributed by atoms with Crippen molar-refractivity contribution in [2.45, 2.75) is 49.1 Å². The highest BCUT2D eigenvalue weighted by molar-refractivity contribution is 7.98. The maximum Gasteiger partial charge on any atom is 0.262 e. The lowest BCUT2D eigenvalue weighted by Crippen LogP contribution is -2.40. The smallest absolute Gasteiger partial charge is 0.262 e.